The van der Waals surface area contributed by atoms with Crippen LogP contribution in [0, 0.1) is 5.41 Å². The van der Waals surface area contributed by atoms with Gasteiger partial charge in [-0.2, -0.15) is 0 Å². The number of nitrogens with two attached hydrogens (primary N) is 1. The predicted molar refractivity (Wildman–Crippen MR) is 80.9 cm³/mol. The molecule has 2 N–H and O–H groups in total. The summed E-state index contributed by atoms with van der Waals surface area (Å²) in [6.45, 7) is 4.10. The summed E-state index contributed by atoms with van der Waals surface area (Å²) in [6.07, 6.45) is 0.766. The van der Waals surface area contributed by atoms with Crippen LogP contribution in [0.15, 0.2) is 24.3 Å². The molecule has 1 saturated heterocycles. The van der Waals surface area contributed by atoms with E-state index in [2.05, 4.69) is 0 Å². The standard InChI is InChI=1S/C15H18N2O2S/c1-15(2)7-12(18)17(13(19)8-15)9-10-5-3-4-6-11(10)14(16)20/h3-6H,7-9H2,1-2H3,(H2,16,20). The number of carbonyl (C=O) groups is 2. The Labute approximate surface area is 123 Å². The molecule has 0 saturated carbocycles. The smallest absolute Gasteiger partial charge is 0.230 e. The molecule has 1 heterocycles. The van der Waals surface area contributed by atoms with Crippen molar-refractivity contribution in [2.45, 2.75) is 33.2 Å². The van der Waals surface area contributed by atoms with Gasteiger partial charge in [-0.1, -0.05) is 50.3 Å². The Hall–Kier alpha value is -1.75. The minimum Gasteiger partial charge on any atom is -0.389 e. The number of piperidine rings is 1. The lowest BCUT2D eigenvalue weighted by atomic mass is 9.81. The van der Waals surface area contributed by atoms with Crippen LogP contribution in [0.5, 0.6) is 0 Å². The minimum absolute atomic E-state index is 0.135. The molecule has 0 radical (unpaired) electrons. The molecule has 1 aliphatic heterocycles. The van der Waals surface area contributed by atoms with Crippen molar-refractivity contribution in [2.24, 2.45) is 11.1 Å². The third kappa shape index (κ3) is 3.04. The normalized spacial score (nSPS) is 18.2. The van der Waals surface area contributed by atoms with Gasteiger partial charge in [0.1, 0.15) is 4.99 Å². The van der Waals surface area contributed by atoms with E-state index in [0.717, 1.165) is 5.56 Å². The van der Waals surface area contributed by atoms with Gasteiger partial charge in [0, 0.05) is 18.4 Å². The Balaban J connectivity index is 2.25. The summed E-state index contributed by atoms with van der Waals surface area (Å²) in [4.78, 5) is 25.9. The van der Waals surface area contributed by atoms with E-state index in [0.29, 0.717) is 18.4 Å². The van der Waals surface area contributed by atoms with Gasteiger partial charge in [-0.25, -0.2) is 0 Å². The largest absolute Gasteiger partial charge is 0.389 e. The van der Waals surface area contributed by atoms with Crippen molar-refractivity contribution >= 4 is 29.0 Å². The van der Waals surface area contributed by atoms with E-state index in [-0.39, 0.29) is 28.8 Å². The Bertz CT molecular complexity index is 561. The van der Waals surface area contributed by atoms with Crippen LogP contribution in [-0.4, -0.2) is 21.7 Å². The lowest BCUT2D eigenvalue weighted by Gasteiger charge is -2.35. The highest BCUT2D eigenvalue weighted by Crippen LogP contribution is 2.32. The van der Waals surface area contributed by atoms with Gasteiger partial charge in [-0.3, -0.25) is 14.5 Å². The molecule has 1 aromatic carbocycles. The molecule has 0 atom stereocenters. The maximum atomic E-state index is 12.1. The molecular weight excluding hydrogens is 272 g/mol. The summed E-state index contributed by atoms with van der Waals surface area (Å²) in [5.74, 6) is -0.270. The number of carbonyl (C=O) groups excluding carboxylic acids is 2. The quantitative estimate of drug-likeness (QED) is 0.683. The maximum absolute atomic E-state index is 12.1. The van der Waals surface area contributed by atoms with Crippen LogP contribution >= 0.6 is 12.2 Å². The van der Waals surface area contributed by atoms with Crippen LogP contribution in [0.1, 0.15) is 37.8 Å². The zero-order chi connectivity index (χ0) is 14.9. The van der Waals surface area contributed by atoms with Crippen molar-refractivity contribution < 1.29 is 9.59 Å². The van der Waals surface area contributed by atoms with E-state index in [1.165, 1.54) is 4.90 Å². The van der Waals surface area contributed by atoms with Gasteiger partial charge < -0.3 is 5.73 Å². The summed E-state index contributed by atoms with van der Waals surface area (Å²) in [5.41, 5.74) is 6.94. The summed E-state index contributed by atoms with van der Waals surface area (Å²) in [7, 11) is 0. The van der Waals surface area contributed by atoms with Gasteiger partial charge in [0.25, 0.3) is 0 Å². The lowest BCUT2D eigenvalue weighted by molar-refractivity contribution is -0.153. The molecule has 106 valence electrons. The van der Waals surface area contributed by atoms with Crippen LogP contribution in [0.4, 0.5) is 0 Å². The third-order valence-electron chi connectivity index (χ3n) is 3.47. The van der Waals surface area contributed by atoms with E-state index in [9.17, 15) is 9.59 Å². The van der Waals surface area contributed by atoms with E-state index in [4.69, 9.17) is 18.0 Å². The van der Waals surface area contributed by atoms with Gasteiger partial charge in [0.05, 0.1) is 6.54 Å². The number of hydrogen-bond donors (Lipinski definition) is 1. The Morgan fingerprint density at radius 3 is 2.35 bits per heavy atom. The summed E-state index contributed by atoms with van der Waals surface area (Å²) >= 11 is 5.00. The molecule has 1 fully saturated rings. The first-order chi connectivity index (χ1) is 9.30. The second-order valence-electron chi connectivity index (χ2n) is 5.91. The fourth-order valence-corrected chi connectivity index (χ4v) is 2.66. The minimum atomic E-state index is -0.257. The summed E-state index contributed by atoms with van der Waals surface area (Å²) < 4.78 is 0. The number of benzene rings is 1. The van der Waals surface area contributed by atoms with Crippen LogP contribution in [-0.2, 0) is 16.1 Å². The Kier molecular flexibility index (Phi) is 3.90. The average molecular weight is 290 g/mol. The van der Waals surface area contributed by atoms with Crippen molar-refractivity contribution in [2.75, 3.05) is 0 Å². The van der Waals surface area contributed by atoms with Crippen LogP contribution < -0.4 is 5.73 Å². The molecule has 1 aromatic rings. The number of likely N-dealkylation sites (tertiary alicyclic amines) is 1. The molecular formula is C15H18N2O2S. The summed E-state index contributed by atoms with van der Waals surface area (Å²) in [6, 6.07) is 7.33. The highest BCUT2D eigenvalue weighted by Gasteiger charge is 2.37. The third-order valence-corrected chi connectivity index (χ3v) is 3.69. The highest BCUT2D eigenvalue weighted by atomic mass is 32.1. The first-order valence-corrected chi connectivity index (χ1v) is 6.92. The number of rotatable bonds is 3. The van der Waals surface area contributed by atoms with Crippen molar-refractivity contribution in [3.8, 4) is 0 Å². The average Bonchev–Trinajstić information content (AvgIpc) is 2.33. The number of imide groups is 1. The van der Waals surface area contributed by atoms with Crippen LogP contribution in [0.25, 0.3) is 0 Å². The fraction of sp³-hybridized carbons (Fsp3) is 0.400. The zero-order valence-corrected chi connectivity index (χ0v) is 12.5. The van der Waals surface area contributed by atoms with Crippen molar-refractivity contribution in [1.82, 2.24) is 4.90 Å². The van der Waals surface area contributed by atoms with Crippen molar-refractivity contribution in [1.29, 1.82) is 0 Å². The number of thiocarbonyl (C=S) groups is 1. The van der Waals surface area contributed by atoms with Gasteiger partial charge in [-0.15, -0.1) is 0 Å². The molecule has 0 aromatic heterocycles. The first kappa shape index (κ1) is 14.7. The van der Waals surface area contributed by atoms with Gasteiger partial charge in [0.15, 0.2) is 0 Å². The van der Waals surface area contributed by atoms with Crippen molar-refractivity contribution in [3.05, 3.63) is 35.4 Å². The first-order valence-electron chi connectivity index (χ1n) is 6.51. The number of hydrogen-bond acceptors (Lipinski definition) is 3. The molecule has 0 aliphatic carbocycles. The van der Waals surface area contributed by atoms with Crippen LogP contribution in [0.3, 0.4) is 0 Å². The molecule has 2 rings (SSSR count). The SMILES string of the molecule is CC1(C)CC(=O)N(Cc2ccccc2C(N)=S)C(=O)C1. The molecule has 5 heteroatoms. The van der Waals surface area contributed by atoms with E-state index in [1.54, 1.807) is 6.07 Å². The molecule has 1 aliphatic rings. The highest BCUT2D eigenvalue weighted by molar-refractivity contribution is 7.80. The molecule has 20 heavy (non-hydrogen) atoms. The van der Waals surface area contributed by atoms with Crippen molar-refractivity contribution in [3.63, 3.8) is 0 Å². The summed E-state index contributed by atoms with van der Waals surface area (Å²) in [5, 5.41) is 0. The fourth-order valence-electron chi connectivity index (χ4n) is 2.46. The molecule has 4 nitrogen and oxygen atoms in total. The van der Waals surface area contributed by atoms with Gasteiger partial charge >= 0.3 is 0 Å². The van der Waals surface area contributed by atoms with E-state index >= 15 is 0 Å². The predicted octanol–water partition coefficient (Wildman–Crippen LogP) is 2.00. The van der Waals surface area contributed by atoms with E-state index < -0.39 is 0 Å². The second-order valence-corrected chi connectivity index (χ2v) is 6.35. The second kappa shape index (κ2) is 5.32. The Morgan fingerprint density at radius 1 is 1.25 bits per heavy atom. The molecule has 0 bridgehead atoms. The lowest BCUT2D eigenvalue weighted by Crippen LogP contribution is -2.45. The molecule has 2 amide bonds. The zero-order valence-electron chi connectivity index (χ0n) is 11.7. The van der Waals surface area contributed by atoms with Gasteiger partial charge in [-0.05, 0) is 11.0 Å². The number of nitrogens with zero attached hydrogens (tertiary/aromatic N) is 1. The number of amides is 2. The van der Waals surface area contributed by atoms with Gasteiger partial charge in [0.2, 0.25) is 11.8 Å². The van der Waals surface area contributed by atoms with E-state index in [1.807, 2.05) is 32.0 Å². The topological polar surface area (TPSA) is 63.4 Å². The molecule has 0 spiro atoms. The Morgan fingerprint density at radius 2 is 1.80 bits per heavy atom. The van der Waals surface area contributed by atoms with Crippen LogP contribution in [0.2, 0.25) is 0 Å². The molecule has 0 unspecified atom stereocenters. The maximum Gasteiger partial charge on any atom is 0.230 e. The monoisotopic (exact) mass is 290 g/mol.